The van der Waals surface area contributed by atoms with Crippen LogP contribution < -0.4 is 5.73 Å². The van der Waals surface area contributed by atoms with Gasteiger partial charge in [-0.3, -0.25) is 4.79 Å². The molecule has 2 N–H and O–H groups in total. The molecule has 2 heterocycles. The van der Waals surface area contributed by atoms with Gasteiger partial charge in [-0.05, 0) is 36.2 Å². The number of benzene rings is 1. The number of rotatable bonds is 3. The molecule has 2 aliphatic rings. The SMILES string of the molecule is NCCN1CCCN(C(=O)c2ccc3c(c2)COC3)CC1. The lowest BCUT2D eigenvalue weighted by atomic mass is 10.1. The van der Waals surface area contributed by atoms with Crippen LogP contribution in [0, 0.1) is 0 Å². The average Bonchev–Trinajstić information content (AvgIpc) is 2.85. The fourth-order valence-electron chi connectivity index (χ4n) is 3.07. The maximum Gasteiger partial charge on any atom is 0.253 e. The number of fused-ring (bicyclic) bond motifs is 1. The van der Waals surface area contributed by atoms with Gasteiger partial charge in [-0.25, -0.2) is 0 Å². The van der Waals surface area contributed by atoms with Crippen molar-refractivity contribution in [1.82, 2.24) is 9.80 Å². The number of carbonyl (C=O) groups excluding carboxylic acids is 1. The Morgan fingerprint density at radius 1 is 1.14 bits per heavy atom. The molecule has 1 saturated heterocycles. The summed E-state index contributed by atoms with van der Waals surface area (Å²) >= 11 is 0. The van der Waals surface area contributed by atoms with Crippen LogP contribution in [-0.4, -0.2) is 55.0 Å². The molecular weight excluding hydrogens is 266 g/mol. The molecule has 0 bridgehead atoms. The number of carbonyl (C=O) groups is 1. The maximum atomic E-state index is 12.7. The molecule has 0 spiro atoms. The van der Waals surface area contributed by atoms with Crippen LogP contribution in [0.4, 0.5) is 0 Å². The van der Waals surface area contributed by atoms with Crippen molar-refractivity contribution in [1.29, 1.82) is 0 Å². The zero-order chi connectivity index (χ0) is 14.7. The summed E-state index contributed by atoms with van der Waals surface area (Å²) in [7, 11) is 0. The lowest BCUT2D eigenvalue weighted by Gasteiger charge is -2.22. The molecule has 114 valence electrons. The van der Waals surface area contributed by atoms with E-state index in [4.69, 9.17) is 10.5 Å². The number of ether oxygens (including phenoxy) is 1. The third-order valence-electron chi connectivity index (χ3n) is 4.29. The molecule has 0 atom stereocenters. The predicted molar refractivity (Wildman–Crippen MR) is 80.9 cm³/mol. The van der Waals surface area contributed by atoms with Crippen LogP contribution in [0.1, 0.15) is 27.9 Å². The summed E-state index contributed by atoms with van der Waals surface area (Å²) in [6.07, 6.45) is 1.01. The van der Waals surface area contributed by atoms with Crippen LogP contribution in [0.3, 0.4) is 0 Å². The van der Waals surface area contributed by atoms with Crippen LogP contribution in [-0.2, 0) is 18.0 Å². The van der Waals surface area contributed by atoms with Crippen molar-refractivity contribution < 1.29 is 9.53 Å². The Labute approximate surface area is 125 Å². The van der Waals surface area contributed by atoms with Gasteiger partial charge in [-0.15, -0.1) is 0 Å². The Morgan fingerprint density at radius 2 is 2.00 bits per heavy atom. The number of nitrogens with zero attached hydrogens (tertiary/aromatic N) is 2. The molecule has 2 aliphatic heterocycles. The molecule has 1 aromatic rings. The van der Waals surface area contributed by atoms with E-state index >= 15 is 0 Å². The van der Waals surface area contributed by atoms with E-state index in [-0.39, 0.29) is 5.91 Å². The summed E-state index contributed by atoms with van der Waals surface area (Å²) in [5.41, 5.74) is 8.76. The highest BCUT2D eigenvalue weighted by molar-refractivity contribution is 5.94. The third-order valence-corrected chi connectivity index (χ3v) is 4.29. The molecule has 0 radical (unpaired) electrons. The van der Waals surface area contributed by atoms with Crippen LogP contribution in [0.25, 0.3) is 0 Å². The molecule has 21 heavy (non-hydrogen) atoms. The standard InChI is InChI=1S/C16H23N3O2/c17-4-7-18-5-1-6-19(9-8-18)16(20)13-2-3-14-11-21-12-15(14)10-13/h2-3,10H,1,4-9,11-12,17H2. The number of nitrogens with two attached hydrogens (primary N) is 1. The van der Waals surface area contributed by atoms with Gasteiger partial charge >= 0.3 is 0 Å². The van der Waals surface area contributed by atoms with Crippen molar-refractivity contribution in [3.05, 3.63) is 34.9 Å². The minimum absolute atomic E-state index is 0.138. The second-order valence-electron chi connectivity index (χ2n) is 5.75. The Balaban J connectivity index is 1.67. The van der Waals surface area contributed by atoms with Crippen LogP contribution >= 0.6 is 0 Å². The van der Waals surface area contributed by atoms with E-state index in [9.17, 15) is 4.79 Å². The molecule has 3 rings (SSSR count). The first-order valence-electron chi connectivity index (χ1n) is 7.69. The Morgan fingerprint density at radius 3 is 2.86 bits per heavy atom. The summed E-state index contributed by atoms with van der Waals surface area (Å²) in [5.74, 6) is 0.138. The van der Waals surface area contributed by atoms with E-state index in [1.54, 1.807) is 0 Å². The van der Waals surface area contributed by atoms with E-state index in [0.717, 1.165) is 50.3 Å². The molecule has 1 amide bonds. The number of hydrogen-bond acceptors (Lipinski definition) is 4. The maximum absolute atomic E-state index is 12.7. The van der Waals surface area contributed by atoms with Gasteiger partial charge in [0.1, 0.15) is 0 Å². The summed E-state index contributed by atoms with van der Waals surface area (Å²) < 4.78 is 5.41. The first-order chi connectivity index (χ1) is 10.3. The molecule has 1 aromatic carbocycles. The highest BCUT2D eigenvalue weighted by atomic mass is 16.5. The van der Waals surface area contributed by atoms with Crippen molar-refractivity contribution in [2.24, 2.45) is 5.73 Å². The van der Waals surface area contributed by atoms with Crippen LogP contribution in [0.2, 0.25) is 0 Å². The first kappa shape index (κ1) is 14.5. The lowest BCUT2D eigenvalue weighted by molar-refractivity contribution is 0.0761. The van der Waals surface area contributed by atoms with E-state index in [1.165, 1.54) is 5.56 Å². The number of hydrogen-bond donors (Lipinski definition) is 1. The van der Waals surface area contributed by atoms with Crippen molar-refractivity contribution in [2.75, 3.05) is 39.3 Å². The molecule has 0 unspecified atom stereocenters. The quantitative estimate of drug-likeness (QED) is 0.895. The normalized spacial score (nSPS) is 19.4. The average molecular weight is 289 g/mol. The predicted octanol–water partition coefficient (Wildman–Crippen LogP) is 0.823. The van der Waals surface area contributed by atoms with E-state index in [0.29, 0.717) is 19.8 Å². The van der Waals surface area contributed by atoms with Gasteiger partial charge < -0.3 is 20.3 Å². The Hall–Kier alpha value is -1.43. The van der Waals surface area contributed by atoms with Crippen molar-refractivity contribution in [3.8, 4) is 0 Å². The van der Waals surface area contributed by atoms with Crippen molar-refractivity contribution in [3.63, 3.8) is 0 Å². The highest BCUT2D eigenvalue weighted by Crippen LogP contribution is 2.21. The fraction of sp³-hybridized carbons (Fsp3) is 0.562. The largest absolute Gasteiger partial charge is 0.372 e. The van der Waals surface area contributed by atoms with Crippen LogP contribution in [0.15, 0.2) is 18.2 Å². The topological polar surface area (TPSA) is 58.8 Å². The molecule has 0 aromatic heterocycles. The van der Waals surface area contributed by atoms with Gasteiger partial charge in [-0.1, -0.05) is 6.07 Å². The molecule has 0 saturated carbocycles. The highest BCUT2D eigenvalue weighted by Gasteiger charge is 2.21. The van der Waals surface area contributed by atoms with E-state index in [2.05, 4.69) is 4.90 Å². The minimum Gasteiger partial charge on any atom is -0.372 e. The molecular formula is C16H23N3O2. The molecule has 1 fully saturated rings. The minimum atomic E-state index is 0.138. The summed E-state index contributed by atoms with van der Waals surface area (Å²) in [6, 6.07) is 5.94. The zero-order valence-corrected chi connectivity index (χ0v) is 12.4. The third kappa shape index (κ3) is 3.26. The first-order valence-corrected chi connectivity index (χ1v) is 7.69. The van der Waals surface area contributed by atoms with Gasteiger partial charge in [0, 0.05) is 38.3 Å². The smallest absolute Gasteiger partial charge is 0.253 e. The lowest BCUT2D eigenvalue weighted by Crippen LogP contribution is -2.36. The summed E-state index contributed by atoms with van der Waals surface area (Å²) in [4.78, 5) is 17.0. The molecule has 5 heteroatoms. The molecule has 5 nitrogen and oxygen atoms in total. The van der Waals surface area contributed by atoms with Crippen LogP contribution in [0.5, 0.6) is 0 Å². The van der Waals surface area contributed by atoms with Gasteiger partial charge in [0.15, 0.2) is 0 Å². The molecule has 0 aliphatic carbocycles. The zero-order valence-electron chi connectivity index (χ0n) is 12.4. The Kier molecular flexibility index (Phi) is 4.53. The van der Waals surface area contributed by atoms with E-state index in [1.807, 2.05) is 23.1 Å². The summed E-state index contributed by atoms with van der Waals surface area (Å²) in [5, 5.41) is 0. The second kappa shape index (κ2) is 6.56. The van der Waals surface area contributed by atoms with Gasteiger partial charge in [0.2, 0.25) is 0 Å². The summed E-state index contributed by atoms with van der Waals surface area (Å²) in [6.45, 7) is 6.44. The number of amides is 1. The van der Waals surface area contributed by atoms with Gasteiger partial charge in [0.25, 0.3) is 5.91 Å². The second-order valence-corrected chi connectivity index (χ2v) is 5.75. The van der Waals surface area contributed by atoms with Gasteiger partial charge in [-0.2, -0.15) is 0 Å². The fourth-order valence-corrected chi connectivity index (χ4v) is 3.07. The Bertz CT molecular complexity index is 518. The van der Waals surface area contributed by atoms with Crippen molar-refractivity contribution >= 4 is 5.91 Å². The van der Waals surface area contributed by atoms with E-state index < -0.39 is 0 Å². The monoisotopic (exact) mass is 289 g/mol. The van der Waals surface area contributed by atoms with Crippen molar-refractivity contribution in [2.45, 2.75) is 19.6 Å². The van der Waals surface area contributed by atoms with Gasteiger partial charge in [0.05, 0.1) is 13.2 Å².